The molecule has 0 saturated heterocycles. The highest BCUT2D eigenvalue weighted by atomic mass is 32.1. The Balaban J connectivity index is 1.71. The highest BCUT2D eigenvalue weighted by Crippen LogP contribution is 2.41. The second-order valence-corrected chi connectivity index (χ2v) is 12.2. The van der Waals surface area contributed by atoms with Crippen LogP contribution < -0.4 is 0 Å². The molecule has 0 aliphatic heterocycles. The van der Waals surface area contributed by atoms with E-state index in [1.807, 2.05) is 11.3 Å². The zero-order chi connectivity index (χ0) is 23.4. The van der Waals surface area contributed by atoms with Gasteiger partial charge in [-0.05, 0) is 62.4 Å². The van der Waals surface area contributed by atoms with E-state index in [0.29, 0.717) is 0 Å². The second kappa shape index (κ2) is 7.85. The Morgan fingerprint density at radius 2 is 1.12 bits per heavy atom. The van der Waals surface area contributed by atoms with E-state index in [1.165, 1.54) is 53.6 Å². The van der Waals surface area contributed by atoms with Crippen LogP contribution in [0.3, 0.4) is 0 Å². The van der Waals surface area contributed by atoms with E-state index in [1.54, 1.807) is 0 Å². The summed E-state index contributed by atoms with van der Waals surface area (Å²) in [5.41, 5.74) is 8.17. The first kappa shape index (κ1) is 21.9. The van der Waals surface area contributed by atoms with Gasteiger partial charge in [0.2, 0.25) is 0 Å². The lowest BCUT2D eigenvalue weighted by molar-refractivity contribution is 0.569. The molecule has 0 atom stereocenters. The number of thiophene rings is 1. The number of fused-ring (bicyclic) bond motifs is 3. The number of rotatable bonds is 2. The van der Waals surface area contributed by atoms with Crippen molar-refractivity contribution in [2.24, 2.45) is 0 Å². The summed E-state index contributed by atoms with van der Waals surface area (Å²) in [4.78, 5) is 0. The van der Waals surface area contributed by atoms with Crippen molar-refractivity contribution in [1.29, 1.82) is 0 Å². The molecule has 0 nitrogen and oxygen atoms in total. The van der Waals surface area contributed by atoms with Crippen molar-refractivity contribution in [2.75, 3.05) is 0 Å². The van der Waals surface area contributed by atoms with Crippen LogP contribution in [0.5, 0.6) is 0 Å². The predicted octanol–water partition coefficient (Wildman–Crippen LogP) is 9.98. The van der Waals surface area contributed by atoms with Crippen molar-refractivity contribution >= 4 is 31.5 Å². The summed E-state index contributed by atoms with van der Waals surface area (Å²) in [6.45, 7) is 13.8. The standard InChI is InChI=1S/C32H32S/c1-31(2,3)24-18-23(19-25(20-24)32(4,5)6)21-11-9-12-22(17-21)26-14-10-16-29-30(26)27-13-7-8-15-28(27)33-29/h7-20H,1-6H3. The predicted molar refractivity (Wildman–Crippen MR) is 148 cm³/mol. The highest BCUT2D eigenvalue weighted by Gasteiger charge is 2.21. The van der Waals surface area contributed by atoms with Gasteiger partial charge in [0.1, 0.15) is 0 Å². The van der Waals surface area contributed by atoms with E-state index < -0.39 is 0 Å². The normalized spacial score (nSPS) is 12.5. The Hall–Kier alpha value is -2.90. The molecule has 166 valence electrons. The molecule has 1 heterocycles. The third-order valence-corrected chi connectivity index (χ3v) is 7.71. The quantitative estimate of drug-likeness (QED) is 0.252. The molecule has 1 aromatic heterocycles. The zero-order valence-electron chi connectivity index (χ0n) is 20.5. The molecule has 0 radical (unpaired) electrons. The van der Waals surface area contributed by atoms with Gasteiger partial charge in [-0.1, -0.05) is 108 Å². The third kappa shape index (κ3) is 4.11. The molecule has 0 aliphatic carbocycles. The Morgan fingerprint density at radius 3 is 1.82 bits per heavy atom. The molecule has 1 heteroatoms. The third-order valence-electron chi connectivity index (χ3n) is 6.57. The van der Waals surface area contributed by atoms with Crippen LogP contribution >= 0.6 is 11.3 Å². The van der Waals surface area contributed by atoms with Gasteiger partial charge < -0.3 is 0 Å². The maximum atomic E-state index is 2.39. The first-order chi connectivity index (χ1) is 15.6. The Labute approximate surface area is 201 Å². The van der Waals surface area contributed by atoms with Crippen LogP contribution in [0.1, 0.15) is 52.7 Å². The van der Waals surface area contributed by atoms with Crippen molar-refractivity contribution < 1.29 is 0 Å². The molecule has 0 bridgehead atoms. The molecule has 0 unspecified atom stereocenters. The summed E-state index contributed by atoms with van der Waals surface area (Å²) in [5.74, 6) is 0. The van der Waals surface area contributed by atoms with Gasteiger partial charge in [-0.3, -0.25) is 0 Å². The van der Waals surface area contributed by atoms with E-state index in [0.717, 1.165) is 0 Å². The molecule has 33 heavy (non-hydrogen) atoms. The zero-order valence-corrected chi connectivity index (χ0v) is 21.3. The molecule has 0 aliphatic rings. The highest BCUT2D eigenvalue weighted by molar-refractivity contribution is 7.25. The Bertz CT molecular complexity index is 1440. The average Bonchev–Trinajstić information content (AvgIpc) is 3.16. The van der Waals surface area contributed by atoms with Gasteiger partial charge in [0.25, 0.3) is 0 Å². The average molecular weight is 449 g/mol. The van der Waals surface area contributed by atoms with Crippen LogP contribution in [0.2, 0.25) is 0 Å². The number of hydrogen-bond acceptors (Lipinski definition) is 1. The fourth-order valence-electron chi connectivity index (χ4n) is 4.54. The fraction of sp³-hybridized carbons (Fsp3) is 0.250. The minimum absolute atomic E-state index is 0.106. The van der Waals surface area contributed by atoms with Crippen LogP contribution in [-0.2, 0) is 10.8 Å². The van der Waals surface area contributed by atoms with Gasteiger partial charge in [-0.15, -0.1) is 11.3 Å². The van der Waals surface area contributed by atoms with Crippen molar-refractivity contribution in [2.45, 2.75) is 52.4 Å². The molecule has 0 saturated carbocycles. The van der Waals surface area contributed by atoms with Crippen molar-refractivity contribution in [3.8, 4) is 22.3 Å². The lowest BCUT2D eigenvalue weighted by Gasteiger charge is -2.26. The van der Waals surface area contributed by atoms with Crippen LogP contribution in [-0.4, -0.2) is 0 Å². The van der Waals surface area contributed by atoms with Crippen LogP contribution in [0.4, 0.5) is 0 Å². The monoisotopic (exact) mass is 448 g/mol. The molecular weight excluding hydrogens is 416 g/mol. The maximum Gasteiger partial charge on any atom is 0.0361 e. The largest absolute Gasteiger partial charge is 0.135 e. The van der Waals surface area contributed by atoms with Crippen LogP contribution in [0.25, 0.3) is 42.4 Å². The second-order valence-electron chi connectivity index (χ2n) is 11.2. The number of hydrogen-bond donors (Lipinski definition) is 0. The first-order valence-corrected chi connectivity index (χ1v) is 12.6. The smallest absolute Gasteiger partial charge is 0.0361 e. The SMILES string of the molecule is CC(C)(C)c1cc(-c2cccc(-c3cccc4sc5ccccc5c34)c2)cc(C(C)(C)C)c1. The summed E-state index contributed by atoms with van der Waals surface area (Å²) < 4.78 is 2.70. The minimum Gasteiger partial charge on any atom is -0.135 e. The van der Waals surface area contributed by atoms with Crippen molar-refractivity contribution in [3.63, 3.8) is 0 Å². The summed E-state index contributed by atoms with van der Waals surface area (Å²) in [5, 5.41) is 2.72. The Morgan fingerprint density at radius 1 is 0.515 bits per heavy atom. The summed E-state index contributed by atoms with van der Waals surface area (Å²) in [6, 6.07) is 31.7. The van der Waals surface area contributed by atoms with E-state index in [2.05, 4.69) is 126 Å². The summed E-state index contributed by atoms with van der Waals surface area (Å²) >= 11 is 1.88. The molecule has 5 aromatic rings. The van der Waals surface area contributed by atoms with E-state index in [-0.39, 0.29) is 10.8 Å². The van der Waals surface area contributed by atoms with Gasteiger partial charge in [-0.2, -0.15) is 0 Å². The first-order valence-electron chi connectivity index (χ1n) is 11.8. The summed E-state index contributed by atoms with van der Waals surface area (Å²) in [6.07, 6.45) is 0. The molecule has 0 N–H and O–H groups in total. The van der Waals surface area contributed by atoms with Crippen molar-refractivity contribution in [1.82, 2.24) is 0 Å². The van der Waals surface area contributed by atoms with E-state index >= 15 is 0 Å². The summed E-state index contributed by atoms with van der Waals surface area (Å²) in [7, 11) is 0. The fourth-order valence-corrected chi connectivity index (χ4v) is 5.67. The molecule has 5 rings (SSSR count). The van der Waals surface area contributed by atoms with Gasteiger partial charge in [0.05, 0.1) is 0 Å². The molecule has 0 fully saturated rings. The molecular formula is C32H32S. The van der Waals surface area contributed by atoms with Crippen LogP contribution in [0.15, 0.2) is 84.9 Å². The topological polar surface area (TPSA) is 0 Å². The van der Waals surface area contributed by atoms with Gasteiger partial charge in [0.15, 0.2) is 0 Å². The van der Waals surface area contributed by atoms with E-state index in [4.69, 9.17) is 0 Å². The van der Waals surface area contributed by atoms with E-state index in [9.17, 15) is 0 Å². The van der Waals surface area contributed by atoms with Gasteiger partial charge >= 0.3 is 0 Å². The number of benzene rings is 4. The molecule has 0 spiro atoms. The van der Waals surface area contributed by atoms with Gasteiger partial charge in [-0.25, -0.2) is 0 Å². The lowest BCUT2D eigenvalue weighted by atomic mass is 9.79. The molecule has 0 amide bonds. The van der Waals surface area contributed by atoms with Crippen molar-refractivity contribution in [3.05, 3.63) is 96.1 Å². The maximum absolute atomic E-state index is 2.39. The molecule has 4 aromatic carbocycles. The minimum atomic E-state index is 0.106. The van der Waals surface area contributed by atoms with Crippen LogP contribution in [0, 0.1) is 0 Å². The lowest BCUT2D eigenvalue weighted by Crippen LogP contribution is -2.16. The Kier molecular flexibility index (Phi) is 5.21. The van der Waals surface area contributed by atoms with Gasteiger partial charge in [0, 0.05) is 20.2 Å².